The molecule has 1 radical (unpaired) electrons. The van der Waals surface area contributed by atoms with Crippen LogP contribution in [0.15, 0.2) is 36.4 Å². The molecule has 27 heavy (non-hydrogen) atoms. The second kappa shape index (κ2) is 7.95. The van der Waals surface area contributed by atoms with Gasteiger partial charge in [0.15, 0.2) is 0 Å². The van der Waals surface area contributed by atoms with Gasteiger partial charge in [-0.2, -0.15) is 30.9 Å². The van der Waals surface area contributed by atoms with E-state index < -0.39 is 0 Å². The molecule has 0 atom stereocenters. The van der Waals surface area contributed by atoms with Crippen molar-refractivity contribution in [2.75, 3.05) is 16.8 Å². The van der Waals surface area contributed by atoms with Gasteiger partial charge in [0.1, 0.15) is 11.6 Å². The summed E-state index contributed by atoms with van der Waals surface area (Å²) in [5, 5.41) is 0. The fourth-order valence-electron chi connectivity index (χ4n) is 3.66. The minimum atomic E-state index is -0.0625. The molecule has 0 amide bonds. The maximum absolute atomic E-state index is 10.0. The van der Waals surface area contributed by atoms with Gasteiger partial charge in [-0.15, -0.1) is 11.3 Å². The average Bonchev–Trinajstić information content (AvgIpc) is 2.90. The van der Waals surface area contributed by atoms with Gasteiger partial charge < -0.3 is 9.80 Å². The fourth-order valence-corrected chi connectivity index (χ4v) is 3.66. The Bertz CT molecular complexity index is 864. The summed E-state index contributed by atoms with van der Waals surface area (Å²) in [5.74, 6) is -0.125. The van der Waals surface area contributed by atoms with Crippen molar-refractivity contribution in [3.63, 3.8) is 0 Å². The molecular weight excluding hydrogens is 516 g/mol. The van der Waals surface area contributed by atoms with Crippen molar-refractivity contribution >= 4 is 28.6 Å². The third kappa shape index (κ3) is 3.85. The maximum Gasteiger partial charge on any atom is 0.137 e. The van der Waals surface area contributed by atoms with E-state index in [0.717, 1.165) is 0 Å². The Balaban J connectivity index is 0.000000285. The largest absolute Gasteiger partial charge is 0.504 e. The summed E-state index contributed by atoms with van der Waals surface area (Å²) in [5.41, 5.74) is 6.51. The fraction of sp³-hybridized carbons (Fsp3) is 0.318. The van der Waals surface area contributed by atoms with Gasteiger partial charge in [-0.1, -0.05) is 26.0 Å². The zero-order chi connectivity index (χ0) is 19.1. The van der Waals surface area contributed by atoms with Gasteiger partial charge in [0.25, 0.3) is 0 Å². The van der Waals surface area contributed by atoms with Gasteiger partial charge in [0.2, 0.25) is 0 Å². The van der Waals surface area contributed by atoms with E-state index in [-0.39, 0.29) is 43.5 Å². The number of para-hydroxylation sites is 2. The molecule has 4 nitrogen and oxygen atoms in total. The number of Topliss-reactive ketones (excluding diaryl/α,β-unsaturated/α-hetero) is 2. The van der Waals surface area contributed by atoms with Crippen LogP contribution in [-0.2, 0) is 35.1 Å². The zero-order valence-corrected chi connectivity index (χ0v) is 18.7. The number of carbonyl (C=O) groups is 2. The number of rotatable bonds is 2. The third-order valence-corrected chi connectivity index (χ3v) is 4.84. The molecule has 5 heteroatoms. The van der Waals surface area contributed by atoms with Crippen molar-refractivity contribution in [1.82, 2.24) is 0 Å². The van der Waals surface area contributed by atoms with Gasteiger partial charge in [-0.25, -0.2) is 0 Å². The zero-order valence-electron chi connectivity index (χ0n) is 16.3. The number of nitrogens with zero attached hydrogens (tertiary/aromatic N) is 2. The molecule has 145 valence electrons. The van der Waals surface area contributed by atoms with E-state index in [1.165, 1.54) is 42.0 Å². The van der Waals surface area contributed by atoms with Crippen molar-refractivity contribution in [2.45, 2.75) is 39.5 Å². The van der Waals surface area contributed by atoms with E-state index in [0.29, 0.717) is 0 Å². The Labute approximate surface area is 174 Å². The molecule has 0 aliphatic carbocycles. The van der Waals surface area contributed by atoms with E-state index >= 15 is 0 Å². The van der Waals surface area contributed by atoms with E-state index in [4.69, 9.17) is 0 Å². The normalized spacial score (nSPS) is 15.0. The van der Waals surface area contributed by atoms with Crippen molar-refractivity contribution < 1.29 is 29.7 Å². The first-order valence-electron chi connectivity index (χ1n) is 8.74. The second-order valence-corrected chi connectivity index (χ2v) is 7.41. The molecule has 0 unspecified atom stereocenters. The minimum absolute atomic E-state index is 0. The summed E-state index contributed by atoms with van der Waals surface area (Å²) in [4.78, 5) is 24.5. The summed E-state index contributed by atoms with van der Waals surface area (Å²) in [6.45, 7) is 9.55. The molecule has 2 aromatic rings. The third-order valence-electron chi connectivity index (χ3n) is 4.84. The summed E-state index contributed by atoms with van der Waals surface area (Å²) in [7, 11) is 2.10. The van der Waals surface area contributed by atoms with E-state index in [1.807, 2.05) is 6.07 Å². The predicted octanol–water partition coefficient (Wildman–Crippen LogP) is 4.39. The maximum atomic E-state index is 10.0. The summed E-state index contributed by atoms with van der Waals surface area (Å²) in [6.07, 6.45) is 0.0833. The summed E-state index contributed by atoms with van der Waals surface area (Å²) >= 11 is 0. The number of anilines is 3. The molecule has 2 aromatic carbocycles. The molecule has 2 aliphatic rings. The van der Waals surface area contributed by atoms with Crippen LogP contribution in [0.5, 0.6) is 0 Å². The van der Waals surface area contributed by atoms with Crippen LogP contribution in [0.3, 0.4) is 0 Å². The smallest absolute Gasteiger partial charge is 0.137 e. The second-order valence-electron chi connectivity index (χ2n) is 7.41. The molecule has 0 saturated carbocycles. The molecule has 2 heterocycles. The van der Waals surface area contributed by atoms with Crippen LogP contribution in [0.25, 0.3) is 0 Å². The van der Waals surface area contributed by atoms with Crippen LogP contribution in [-0.4, -0.2) is 18.6 Å². The topological polar surface area (TPSA) is 40.6 Å². The van der Waals surface area contributed by atoms with Crippen LogP contribution < -0.4 is 9.80 Å². The Kier molecular flexibility index (Phi) is 6.28. The van der Waals surface area contributed by atoms with Gasteiger partial charge in [0, 0.05) is 31.5 Å². The monoisotopic (exact) mass is 541 g/mol. The molecule has 0 saturated heterocycles. The molecule has 0 fully saturated rings. The summed E-state index contributed by atoms with van der Waals surface area (Å²) < 4.78 is 0. The Morgan fingerprint density at radius 3 is 2.30 bits per heavy atom. The van der Waals surface area contributed by atoms with E-state index in [2.05, 4.69) is 73.8 Å². The number of fused-ring (bicyclic) bond motifs is 2. The van der Waals surface area contributed by atoms with Crippen molar-refractivity contribution in [2.24, 2.45) is 0 Å². The number of carbonyl (C=O) groups excluding carboxylic acids is 2. The molecule has 0 bridgehead atoms. The minimum Gasteiger partial charge on any atom is -0.504 e. The Morgan fingerprint density at radius 1 is 1.07 bits per heavy atom. The van der Waals surface area contributed by atoms with Crippen LogP contribution in [0.4, 0.5) is 17.1 Å². The average molecular weight is 541 g/mol. The Morgan fingerprint density at radius 2 is 1.70 bits per heavy atom. The molecule has 0 spiro atoms. The van der Waals surface area contributed by atoms with Gasteiger partial charge >= 0.3 is 0 Å². The first-order chi connectivity index (χ1) is 12.2. The number of benzene rings is 2. The molecule has 2 aliphatic heterocycles. The molecule has 4 rings (SSSR count). The van der Waals surface area contributed by atoms with Gasteiger partial charge in [0.05, 0.1) is 6.42 Å². The number of hydrogen-bond acceptors (Lipinski definition) is 4. The quantitative estimate of drug-likeness (QED) is 0.419. The first kappa shape index (κ1) is 21.3. The van der Waals surface area contributed by atoms with Crippen LogP contribution >= 0.6 is 0 Å². The van der Waals surface area contributed by atoms with Crippen molar-refractivity contribution in [3.05, 3.63) is 60.3 Å². The number of hydrogen-bond donors (Lipinski definition) is 0. The van der Waals surface area contributed by atoms with Crippen LogP contribution in [0.2, 0.25) is 0 Å². The van der Waals surface area contributed by atoms with E-state index in [1.54, 1.807) is 0 Å². The SMILES string of the molecule is CC(=O)CC(C)=O.CN1[CH-]N2c3[c-]cccc3C(C)(C)c3cccc1c32.[Ir]. The van der Waals surface area contributed by atoms with Gasteiger partial charge in [-0.3, -0.25) is 9.59 Å². The van der Waals surface area contributed by atoms with Crippen molar-refractivity contribution in [3.8, 4) is 0 Å². The van der Waals surface area contributed by atoms with Crippen molar-refractivity contribution in [1.29, 1.82) is 0 Å². The van der Waals surface area contributed by atoms with Crippen LogP contribution in [0.1, 0.15) is 45.2 Å². The van der Waals surface area contributed by atoms with E-state index in [9.17, 15) is 9.59 Å². The van der Waals surface area contributed by atoms with Gasteiger partial charge in [-0.05, 0) is 37.9 Å². The molecular formula is C22H24IrN2O2-2. The first-order valence-corrected chi connectivity index (χ1v) is 8.74. The van der Waals surface area contributed by atoms with Crippen LogP contribution in [0, 0.1) is 12.7 Å². The molecule has 0 aromatic heterocycles. The summed E-state index contributed by atoms with van der Waals surface area (Å²) in [6, 6.07) is 16.3. The predicted molar refractivity (Wildman–Crippen MR) is 105 cm³/mol. The Hall–Kier alpha value is -1.97. The number of ketones is 2. The standard InChI is InChI=1S/C17H16N2.C5H8O2.Ir/c1-17(2)12-7-4-5-9-14(12)19-11-18(3)15-10-6-8-13(17)16(15)19;1-4(6)3-5(2)7;/h4-8,10-11H,1-3H3;3H2,1-2H3;/q-2;;. The molecule has 0 N–H and O–H groups in total.